The van der Waals surface area contributed by atoms with Crippen LogP contribution in [0, 0.1) is 5.92 Å². The Morgan fingerprint density at radius 3 is 2.38 bits per heavy atom. The molecule has 0 spiro atoms. The Balaban J connectivity index is 2.43. The van der Waals surface area contributed by atoms with Gasteiger partial charge in [0, 0.05) is 11.5 Å². The van der Waals surface area contributed by atoms with Crippen molar-refractivity contribution in [2.45, 2.75) is 26.9 Å². The van der Waals surface area contributed by atoms with Crippen LogP contribution in [0.1, 0.15) is 31.4 Å². The highest BCUT2D eigenvalue weighted by atomic mass is 19.3. The highest BCUT2D eigenvalue weighted by molar-refractivity contribution is 5.58. The van der Waals surface area contributed by atoms with E-state index in [1.165, 1.54) is 12.1 Å². The molecule has 1 aromatic carbocycles. The van der Waals surface area contributed by atoms with Gasteiger partial charge in [-0.15, -0.1) is 0 Å². The maximum absolute atomic E-state index is 12.2. The first-order chi connectivity index (χ1) is 7.59. The summed E-state index contributed by atoms with van der Waals surface area (Å²) in [4.78, 5) is 4.96. The van der Waals surface area contributed by atoms with E-state index < -0.39 is 6.43 Å². The SMILES string of the molecule is CC(C)/[C]=N\OCc1ccc(C(F)F)cc1. The summed E-state index contributed by atoms with van der Waals surface area (Å²) in [6.07, 6.45) is 0.300. The van der Waals surface area contributed by atoms with Crippen LogP contribution in [0.2, 0.25) is 0 Å². The van der Waals surface area contributed by atoms with Gasteiger partial charge in [0.1, 0.15) is 12.8 Å². The third kappa shape index (κ3) is 4.38. The van der Waals surface area contributed by atoms with E-state index in [9.17, 15) is 8.78 Å². The molecule has 0 amide bonds. The van der Waals surface area contributed by atoms with Crippen LogP contribution in [0.4, 0.5) is 8.78 Å². The molecule has 0 saturated heterocycles. The maximum atomic E-state index is 12.2. The monoisotopic (exact) mass is 226 g/mol. The molecule has 16 heavy (non-hydrogen) atoms. The smallest absolute Gasteiger partial charge is 0.263 e. The Morgan fingerprint density at radius 1 is 1.25 bits per heavy atom. The van der Waals surface area contributed by atoms with Crippen molar-refractivity contribution in [2.24, 2.45) is 11.1 Å². The van der Waals surface area contributed by atoms with Crippen LogP contribution in [0.3, 0.4) is 0 Å². The van der Waals surface area contributed by atoms with Gasteiger partial charge in [0.2, 0.25) is 0 Å². The predicted octanol–water partition coefficient (Wildman–Crippen LogP) is 3.66. The summed E-state index contributed by atoms with van der Waals surface area (Å²) in [7, 11) is 0. The molecule has 0 fully saturated rings. The van der Waals surface area contributed by atoms with E-state index >= 15 is 0 Å². The summed E-state index contributed by atoms with van der Waals surface area (Å²) in [6, 6.07) is 5.98. The van der Waals surface area contributed by atoms with E-state index in [1.54, 1.807) is 12.1 Å². The van der Waals surface area contributed by atoms with Gasteiger partial charge in [-0.05, 0) is 5.56 Å². The molecular weight excluding hydrogens is 212 g/mol. The van der Waals surface area contributed by atoms with E-state index in [-0.39, 0.29) is 18.1 Å². The van der Waals surface area contributed by atoms with Gasteiger partial charge in [0.15, 0.2) is 0 Å². The van der Waals surface area contributed by atoms with Crippen molar-refractivity contribution in [1.29, 1.82) is 0 Å². The van der Waals surface area contributed by atoms with Crippen molar-refractivity contribution in [3.05, 3.63) is 35.4 Å². The Kier molecular flexibility index (Phi) is 4.89. The number of benzene rings is 1. The molecule has 0 bridgehead atoms. The topological polar surface area (TPSA) is 21.6 Å². The fraction of sp³-hybridized carbons (Fsp3) is 0.417. The summed E-state index contributed by atoms with van der Waals surface area (Å²) in [5.41, 5.74) is 0.819. The lowest BCUT2D eigenvalue weighted by Crippen LogP contribution is -1.92. The number of rotatable bonds is 5. The molecule has 0 aliphatic heterocycles. The highest BCUT2D eigenvalue weighted by Crippen LogP contribution is 2.18. The molecule has 2 nitrogen and oxygen atoms in total. The van der Waals surface area contributed by atoms with Gasteiger partial charge in [-0.1, -0.05) is 43.3 Å². The zero-order valence-electron chi connectivity index (χ0n) is 9.28. The van der Waals surface area contributed by atoms with E-state index in [0.717, 1.165) is 5.56 Å². The summed E-state index contributed by atoms with van der Waals surface area (Å²) in [6.45, 7) is 4.14. The number of alkyl halides is 2. The van der Waals surface area contributed by atoms with Gasteiger partial charge >= 0.3 is 0 Å². The molecular formula is C12H14F2NO. The van der Waals surface area contributed by atoms with Crippen molar-refractivity contribution in [3.8, 4) is 0 Å². The number of nitrogens with zero attached hydrogens (tertiary/aromatic N) is 1. The minimum absolute atomic E-state index is 0.0148. The van der Waals surface area contributed by atoms with Crippen LogP contribution >= 0.6 is 0 Å². The van der Waals surface area contributed by atoms with Crippen molar-refractivity contribution in [2.75, 3.05) is 0 Å². The molecule has 0 heterocycles. The second-order valence-electron chi connectivity index (χ2n) is 3.69. The molecule has 0 aromatic heterocycles. The molecule has 1 radical (unpaired) electrons. The Hall–Kier alpha value is -1.45. The van der Waals surface area contributed by atoms with Gasteiger partial charge in [-0.3, -0.25) is 0 Å². The predicted molar refractivity (Wildman–Crippen MR) is 58.5 cm³/mol. The summed E-state index contributed by atoms with van der Waals surface area (Å²) >= 11 is 0. The minimum Gasteiger partial charge on any atom is -0.391 e. The normalized spacial score (nSPS) is 11.6. The standard InChI is InChI=1S/C12H14F2NO/c1-9(2)7-15-16-8-10-3-5-11(6-4-10)12(13)14/h3-6,9,12H,8H2,1-2H3. The molecule has 0 atom stereocenters. The summed E-state index contributed by atoms with van der Waals surface area (Å²) in [5.74, 6) is 0.209. The molecule has 1 aromatic rings. The first kappa shape index (κ1) is 12.6. The van der Waals surface area contributed by atoms with E-state index in [1.807, 2.05) is 13.8 Å². The number of hydrogen-bond donors (Lipinski definition) is 0. The largest absolute Gasteiger partial charge is 0.391 e. The van der Waals surface area contributed by atoms with Crippen LogP contribution in [0.5, 0.6) is 0 Å². The molecule has 0 aliphatic rings. The van der Waals surface area contributed by atoms with Crippen LogP contribution < -0.4 is 0 Å². The second-order valence-corrected chi connectivity index (χ2v) is 3.69. The lowest BCUT2D eigenvalue weighted by molar-refractivity contribution is 0.130. The average molecular weight is 226 g/mol. The van der Waals surface area contributed by atoms with E-state index in [2.05, 4.69) is 11.4 Å². The van der Waals surface area contributed by atoms with Gasteiger partial charge in [0.05, 0.1) is 0 Å². The van der Waals surface area contributed by atoms with Gasteiger partial charge in [-0.2, -0.15) is 0 Å². The molecule has 4 heteroatoms. The Bertz CT molecular complexity index is 333. The van der Waals surface area contributed by atoms with Gasteiger partial charge < -0.3 is 4.84 Å². The molecule has 87 valence electrons. The summed E-state index contributed by atoms with van der Waals surface area (Å²) < 4.78 is 24.5. The third-order valence-electron chi connectivity index (χ3n) is 1.84. The quantitative estimate of drug-likeness (QED) is 0.554. The first-order valence-electron chi connectivity index (χ1n) is 5.04. The average Bonchev–Trinajstić information content (AvgIpc) is 2.25. The Labute approximate surface area is 93.9 Å². The number of halogens is 2. The lowest BCUT2D eigenvalue weighted by Gasteiger charge is -2.02. The van der Waals surface area contributed by atoms with Gasteiger partial charge in [0.25, 0.3) is 6.43 Å². The van der Waals surface area contributed by atoms with Crippen molar-refractivity contribution in [1.82, 2.24) is 0 Å². The van der Waals surface area contributed by atoms with Crippen molar-refractivity contribution >= 4 is 6.21 Å². The van der Waals surface area contributed by atoms with Crippen LogP contribution in [0.25, 0.3) is 0 Å². The van der Waals surface area contributed by atoms with Gasteiger partial charge in [-0.25, -0.2) is 8.78 Å². The van der Waals surface area contributed by atoms with E-state index in [4.69, 9.17) is 4.84 Å². The van der Waals surface area contributed by atoms with Crippen LogP contribution in [0.15, 0.2) is 29.4 Å². The first-order valence-corrected chi connectivity index (χ1v) is 5.04. The zero-order valence-corrected chi connectivity index (χ0v) is 9.28. The van der Waals surface area contributed by atoms with Crippen LogP contribution in [-0.2, 0) is 11.4 Å². The Morgan fingerprint density at radius 2 is 1.88 bits per heavy atom. The third-order valence-corrected chi connectivity index (χ3v) is 1.84. The highest BCUT2D eigenvalue weighted by Gasteiger charge is 2.05. The fourth-order valence-electron chi connectivity index (χ4n) is 1.01. The van der Waals surface area contributed by atoms with Crippen molar-refractivity contribution in [3.63, 3.8) is 0 Å². The maximum Gasteiger partial charge on any atom is 0.263 e. The molecule has 1 rings (SSSR count). The summed E-state index contributed by atoms with van der Waals surface area (Å²) in [5, 5.41) is 3.63. The minimum atomic E-state index is -2.43. The number of hydrogen-bond acceptors (Lipinski definition) is 2. The molecule has 0 saturated carbocycles. The molecule has 0 unspecified atom stereocenters. The van der Waals surface area contributed by atoms with Crippen LogP contribution in [-0.4, -0.2) is 6.21 Å². The molecule has 0 N–H and O–H groups in total. The lowest BCUT2D eigenvalue weighted by atomic mass is 10.1. The van der Waals surface area contributed by atoms with E-state index in [0.29, 0.717) is 0 Å². The molecule has 0 aliphatic carbocycles. The second kappa shape index (κ2) is 6.20. The van der Waals surface area contributed by atoms with Crippen molar-refractivity contribution < 1.29 is 13.6 Å². The fourth-order valence-corrected chi connectivity index (χ4v) is 1.01. The zero-order chi connectivity index (χ0) is 12.0.